The fourth-order valence-electron chi connectivity index (χ4n) is 2.24. The predicted octanol–water partition coefficient (Wildman–Crippen LogP) is 1.48. The third kappa shape index (κ3) is 4.20. The van der Waals surface area contributed by atoms with Crippen LogP contribution < -0.4 is 10.6 Å². The minimum absolute atomic E-state index is 0.0149. The number of hydrogen-bond donors (Lipinski definition) is 2. The van der Waals surface area contributed by atoms with Crippen LogP contribution >= 0.6 is 0 Å². The van der Waals surface area contributed by atoms with E-state index in [0.29, 0.717) is 0 Å². The fourth-order valence-corrected chi connectivity index (χ4v) is 2.24. The van der Waals surface area contributed by atoms with Gasteiger partial charge in [-0.05, 0) is 47.0 Å². The Morgan fingerprint density at radius 2 is 1.83 bits per heavy atom. The van der Waals surface area contributed by atoms with E-state index in [0.717, 1.165) is 19.4 Å². The molecule has 0 aromatic rings. The number of carbonyl (C=O) groups excluding carboxylic acids is 2. The number of piperidine rings is 1. The topological polar surface area (TPSA) is 61.4 Å². The monoisotopic (exact) mass is 255 g/mol. The van der Waals surface area contributed by atoms with Gasteiger partial charge in [-0.1, -0.05) is 0 Å². The molecule has 1 heterocycles. The first-order valence-corrected chi connectivity index (χ1v) is 6.79. The summed E-state index contributed by atoms with van der Waals surface area (Å²) in [6.45, 7) is 8.39. The van der Waals surface area contributed by atoms with E-state index in [9.17, 15) is 9.59 Å². The average Bonchev–Trinajstić information content (AvgIpc) is 2.27. The minimum Gasteiger partial charge on any atom is -0.338 e. The van der Waals surface area contributed by atoms with E-state index in [1.54, 1.807) is 6.92 Å². The highest BCUT2D eigenvalue weighted by Gasteiger charge is 2.27. The fraction of sp³-hybridized carbons (Fsp3) is 0.846. The van der Waals surface area contributed by atoms with Crippen molar-refractivity contribution in [3.05, 3.63) is 0 Å². The van der Waals surface area contributed by atoms with Crippen molar-refractivity contribution >= 4 is 11.9 Å². The smallest absolute Gasteiger partial charge is 0.315 e. The normalized spacial score (nSPS) is 21.6. The summed E-state index contributed by atoms with van der Waals surface area (Å²) in [6, 6.07) is -0.398. The molecule has 2 N–H and O–H groups in total. The van der Waals surface area contributed by atoms with Crippen LogP contribution in [0.25, 0.3) is 0 Å². The molecule has 1 aliphatic rings. The van der Waals surface area contributed by atoms with Crippen LogP contribution in [-0.2, 0) is 4.79 Å². The third-order valence-corrected chi connectivity index (χ3v) is 3.22. The summed E-state index contributed by atoms with van der Waals surface area (Å²) < 4.78 is 0. The second-order valence-electron chi connectivity index (χ2n) is 5.37. The molecule has 0 aromatic carbocycles. The summed E-state index contributed by atoms with van der Waals surface area (Å²) in [5, 5.41) is 5.41. The maximum atomic E-state index is 12.2. The van der Waals surface area contributed by atoms with Crippen LogP contribution in [-0.4, -0.2) is 41.5 Å². The number of likely N-dealkylation sites (tertiary alicyclic amines) is 1. The van der Waals surface area contributed by atoms with Gasteiger partial charge < -0.3 is 15.5 Å². The van der Waals surface area contributed by atoms with Gasteiger partial charge in [0.05, 0.1) is 0 Å². The van der Waals surface area contributed by atoms with Crippen LogP contribution in [0.2, 0.25) is 0 Å². The van der Waals surface area contributed by atoms with Crippen molar-refractivity contribution in [2.75, 3.05) is 6.54 Å². The van der Waals surface area contributed by atoms with Crippen molar-refractivity contribution in [1.29, 1.82) is 0 Å². The van der Waals surface area contributed by atoms with Gasteiger partial charge in [0.1, 0.15) is 6.04 Å². The number of nitrogens with zero attached hydrogens (tertiary/aromatic N) is 1. The quantitative estimate of drug-likeness (QED) is 0.802. The summed E-state index contributed by atoms with van der Waals surface area (Å²) >= 11 is 0. The SMILES string of the molecule is CC(C)NC(=O)N[C@H](C)C(=O)N1CCCC[C@@H]1C. The van der Waals surface area contributed by atoms with E-state index in [1.165, 1.54) is 6.42 Å². The second kappa shape index (κ2) is 6.61. The number of hydrogen-bond acceptors (Lipinski definition) is 2. The lowest BCUT2D eigenvalue weighted by molar-refractivity contribution is -0.136. The molecule has 0 aromatic heterocycles. The molecule has 18 heavy (non-hydrogen) atoms. The van der Waals surface area contributed by atoms with Crippen LogP contribution in [0.15, 0.2) is 0 Å². The first kappa shape index (κ1) is 14.8. The van der Waals surface area contributed by atoms with Gasteiger partial charge in [-0.2, -0.15) is 0 Å². The Kier molecular flexibility index (Phi) is 5.44. The van der Waals surface area contributed by atoms with Crippen LogP contribution in [0.1, 0.15) is 47.0 Å². The molecule has 5 heteroatoms. The van der Waals surface area contributed by atoms with Gasteiger partial charge in [-0.25, -0.2) is 4.79 Å². The van der Waals surface area contributed by atoms with Crippen LogP contribution in [0, 0.1) is 0 Å². The van der Waals surface area contributed by atoms with E-state index in [4.69, 9.17) is 0 Å². The Morgan fingerprint density at radius 1 is 1.17 bits per heavy atom. The highest BCUT2D eigenvalue weighted by Crippen LogP contribution is 2.17. The number of nitrogens with one attached hydrogen (secondary N) is 2. The molecule has 0 bridgehead atoms. The van der Waals surface area contributed by atoms with Crippen molar-refractivity contribution in [3.63, 3.8) is 0 Å². The van der Waals surface area contributed by atoms with E-state index >= 15 is 0 Å². The standard InChI is InChI=1S/C13H25N3O2/c1-9(2)14-13(18)15-11(4)12(17)16-8-6-5-7-10(16)3/h9-11H,5-8H2,1-4H3,(H2,14,15,18)/t10-,11+/m0/s1. The van der Waals surface area contributed by atoms with Gasteiger partial charge in [0, 0.05) is 18.6 Å². The van der Waals surface area contributed by atoms with Crippen molar-refractivity contribution in [1.82, 2.24) is 15.5 Å². The lowest BCUT2D eigenvalue weighted by atomic mass is 10.0. The Morgan fingerprint density at radius 3 is 2.39 bits per heavy atom. The molecule has 1 aliphatic heterocycles. The van der Waals surface area contributed by atoms with Crippen LogP contribution in [0.3, 0.4) is 0 Å². The van der Waals surface area contributed by atoms with Gasteiger partial charge in [-0.3, -0.25) is 4.79 Å². The zero-order chi connectivity index (χ0) is 13.7. The highest BCUT2D eigenvalue weighted by atomic mass is 16.2. The summed E-state index contributed by atoms with van der Waals surface area (Å²) in [5.41, 5.74) is 0. The predicted molar refractivity (Wildman–Crippen MR) is 71.3 cm³/mol. The minimum atomic E-state index is -0.468. The molecule has 0 radical (unpaired) electrons. The molecular formula is C13H25N3O2. The van der Waals surface area contributed by atoms with Crippen molar-refractivity contribution in [2.45, 2.75) is 65.1 Å². The average molecular weight is 255 g/mol. The lowest BCUT2D eigenvalue weighted by Gasteiger charge is -2.35. The number of urea groups is 1. The van der Waals surface area contributed by atoms with E-state index < -0.39 is 6.04 Å². The molecule has 0 unspecified atom stereocenters. The first-order chi connectivity index (χ1) is 8.41. The molecule has 1 saturated heterocycles. The summed E-state index contributed by atoms with van der Waals surface area (Å²) in [7, 11) is 0. The van der Waals surface area contributed by atoms with Gasteiger partial charge >= 0.3 is 6.03 Å². The zero-order valence-corrected chi connectivity index (χ0v) is 11.8. The van der Waals surface area contributed by atoms with E-state index in [1.807, 2.05) is 18.7 Å². The van der Waals surface area contributed by atoms with Crippen LogP contribution in [0.5, 0.6) is 0 Å². The Hall–Kier alpha value is -1.26. The molecule has 1 fully saturated rings. The summed E-state index contributed by atoms with van der Waals surface area (Å²) in [5.74, 6) is 0.0149. The van der Waals surface area contributed by atoms with Gasteiger partial charge in [-0.15, -0.1) is 0 Å². The maximum Gasteiger partial charge on any atom is 0.315 e. The molecule has 5 nitrogen and oxygen atoms in total. The summed E-state index contributed by atoms with van der Waals surface area (Å²) in [6.07, 6.45) is 3.29. The molecule has 0 spiro atoms. The molecule has 2 atom stereocenters. The molecular weight excluding hydrogens is 230 g/mol. The number of rotatable bonds is 3. The molecule has 3 amide bonds. The first-order valence-electron chi connectivity index (χ1n) is 6.79. The maximum absolute atomic E-state index is 12.2. The number of amides is 3. The Balaban J connectivity index is 2.47. The van der Waals surface area contributed by atoms with Crippen molar-refractivity contribution in [3.8, 4) is 0 Å². The van der Waals surface area contributed by atoms with E-state index in [2.05, 4.69) is 17.6 Å². The highest BCUT2D eigenvalue weighted by molar-refractivity contribution is 5.87. The Bertz CT molecular complexity index is 305. The number of carbonyl (C=O) groups is 2. The zero-order valence-electron chi connectivity index (χ0n) is 11.8. The largest absolute Gasteiger partial charge is 0.338 e. The lowest BCUT2D eigenvalue weighted by Crippen LogP contribution is -2.53. The molecule has 0 saturated carbocycles. The second-order valence-corrected chi connectivity index (χ2v) is 5.37. The Labute approximate surface area is 109 Å². The van der Waals surface area contributed by atoms with Crippen molar-refractivity contribution < 1.29 is 9.59 Å². The third-order valence-electron chi connectivity index (χ3n) is 3.22. The van der Waals surface area contributed by atoms with Gasteiger partial charge in [0.25, 0.3) is 0 Å². The van der Waals surface area contributed by atoms with Crippen molar-refractivity contribution in [2.24, 2.45) is 0 Å². The molecule has 0 aliphatic carbocycles. The van der Waals surface area contributed by atoms with Gasteiger partial charge in [0.15, 0.2) is 0 Å². The van der Waals surface area contributed by atoms with Gasteiger partial charge in [0.2, 0.25) is 5.91 Å². The molecule has 1 rings (SSSR count). The van der Waals surface area contributed by atoms with Crippen LogP contribution in [0.4, 0.5) is 4.79 Å². The molecule has 104 valence electrons. The summed E-state index contributed by atoms with van der Waals surface area (Å²) in [4.78, 5) is 25.6. The van der Waals surface area contributed by atoms with E-state index in [-0.39, 0.29) is 24.0 Å².